The maximum absolute atomic E-state index is 13.2. The van der Waals surface area contributed by atoms with Crippen molar-refractivity contribution in [2.45, 2.75) is 19.3 Å². The molecular weight excluding hydrogens is 226 g/mol. The molecule has 0 aromatic heterocycles. The summed E-state index contributed by atoms with van der Waals surface area (Å²) < 4.78 is 26.4. The van der Waals surface area contributed by atoms with Crippen molar-refractivity contribution >= 4 is 15.9 Å². The standard InChI is InChI=1S/C9H7BrF2/c10-7-4-5-2-1-3-6(5)8(11)9(7)12/h4H,1-3H2. The van der Waals surface area contributed by atoms with Gasteiger partial charge in [0.1, 0.15) is 0 Å². The molecule has 0 bridgehead atoms. The van der Waals surface area contributed by atoms with Gasteiger partial charge in [-0.2, -0.15) is 0 Å². The quantitative estimate of drug-likeness (QED) is 0.603. The molecule has 0 fully saturated rings. The van der Waals surface area contributed by atoms with Gasteiger partial charge in [0.15, 0.2) is 11.6 Å². The van der Waals surface area contributed by atoms with E-state index < -0.39 is 11.6 Å². The highest BCUT2D eigenvalue weighted by atomic mass is 79.9. The van der Waals surface area contributed by atoms with Crippen molar-refractivity contribution in [1.29, 1.82) is 0 Å². The average molecular weight is 233 g/mol. The third kappa shape index (κ3) is 1.07. The first-order chi connectivity index (χ1) is 5.70. The first-order valence-corrected chi connectivity index (χ1v) is 4.64. The number of hydrogen-bond donors (Lipinski definition) is 0. The van der Waals surface area contributed by atoms with Crippen molar-refractivity contribution in [3.63, 3.8) is 0 Å². The van der Waals surface area contributed by atoms with Crippen LogP contribution in [-0.2, 0) is 12.8 Å². The molecule has 0 N–H and O–H groups in total. The predicted octanol–water partition coefficient (Wildman–Crippen LogP) is 3.22. The molecule has 0 saturated heterocycles. The minimum Gasteiger partial charge on any atom is -0.203 e. The van der Waals surface area contributed by atoms with E-state index in [-0.39, 0.29) is 4.47 Å². The molecule has 0 amide bonds. The summed E-state index contributed by atoms with van der Waals surface area (Å²) >= 11 is 2.98. The fourth-order valence-corrected chi connectivity index (χ4v) is 2.08. The Morgan fingerprint density at radius 3 is 2.67 bits per heavy atom. The number of hydrogen-bond acceptors (Lipinski definition) is 0. The van der Waals surface area contributed by atoms with Crippen molar-refractivity contribution < 1.29 is 8.78 Å². The second-order valence-corrected chi connectivity index (χ2v) is 3.83. The van der Waals surface area contributed by atoms with Crippen molar-refractivity contribution in [3.8, 4) is 0 Å². The SMILES string of the molecule is Fc1c(Br)cc2c(c1F)CCC2. The number of halogens is 3. The molecule has 0 atom stereocenters. The predicted molar refractivity (Wildman–Crippen MR) is 46.1 cm³/mol. The van der Waals surface area contributed by atoms with Crippen LogP contribution in [0.2, 0.25) is 0 Å². The summed E-state index contributed by atoms with van der Waals surface area (Å²) in [5.74, 6) is -1.42. The fraction of sp³-hybridized carbons (Fsp3) is 0.333. The molecule has 1 aliphatic rings. The van der Waals surface area contributed by atoms with E-state index in [2.05, 4.69) is 15.9 Å². The molecule has 0 spiro atoms. The highest BCUT2D eigenvalue weighted by Gasteiger charge is 2.20. The van der Waals surface area contributed by atoms with E-state index in [1.807, 2.05) is 0 Å². The Balaban J connectivity index is 2.67. The largest absolute Gasteiger partial charge is 0.203 e. The summed E-state index contributed by atoms with van der Waals surface area (Å²) in [4.78, 5) is 0. The lowest BCUT2D eigenvalue weighted by atomic mass is 10.1. The lowest BCUT2D eigenvalue weighted by Crippen LogP contribution is -1.94. The van der Waals surface area contributed by atoms with Crippen LogP contribution in [0.5, 0.6) is 0 Å². The van der Waals surface area contributed by atoms with Gasteiger partial charge >= 0.3 is 0 Å². The van der Waals surface area contributed by atoms with Gasteiger partial charge in [-0.1, -0.05) is 0 Å². The lowest BCUT2D eigenvalue weighted by molar-refractivity contribution is 0.496. The van der Waals surface area contributed by atoms with E-state index in [1.165, 1.54) is 0 Å². The topological polar surface area (TPSA) is 0 Å². The van der Waals surface area contributed by atoms with E-state index in [1.54, 1.807) is 6.07 Å². The Morgan fingerprint density at radius 2 is 1.92 bits per heavy atom. The van der Waals surface area contributed by atoms with Crippen LogP contribution in [-0.4, -0.2) is 0 Å². The van der Waals surface area contributed by atoms with Crippen molar-refractivity contribution in [2.75, 3.05) is 0 Å². The van der Waals surface area contributed by atoms with Crippen molar-refractivity contribution in [3.05, 3.63) is 33.3 Å². The maximum atomic E-state index is 13.2. The minimum atomic E-state index is -0.754. The molecular formula is C9H7BrF2. The molecule has 1 aromatic rings. The Labute approximate surface area is 77.7 Å². The van der Waals surface area contributed by atoms with Gasteiger partial charge < -0.3 is 0 Å². The van der Waals surface area contributed by atoms with E-state index in [4.69, 9.17) is 0 Å². The normalized spacial score (nSPS) is 14.9. The molecule has 64 valence electrons. The Kier molecular flexibility index (Phi) is 1.91. The van der Waals surface area contributed by atoms with Gasteiger partial charge in [0.2, 0.25) is 0 Å². The number of fused-ring (bicyclic) bond motifs is 1. The van der Waals surface area contributed by atoms with Crippen LogP contribution in [0.15, 0.2) is 10.5 Å². The Morgan fingerprint density at radius 1 is 1.17 bits per heavy atom. The van der Waals surface area contributed by atoms with Crippen LogP contribution < -0.4 is 0 Å². The van der Waals surface area contributed by atoms with Gasteiger partial charge in [-0.15, -0.1) is 0 Å². The molecule has 2 rings (SSSR count). The molecule has 0 heterocycles. The number of benzene rings is 1. The van der Waals surface area contributed by atoms with Crippen LogP contribution in [0.25, 0.3) is 0 Å². The zero-order valence-electron chi connectivity index (χ0n) is 6.33. The smallest absolute Gasteiger partial charge is 0.173 e. The summed E-state index contributed by atoms with van der Waals surface area (Å²) in [7, 11) is 0. The van der Waals surface area contributed by atoms with Crippen LogP contribution in [0.3, 0.4) is 0 Å². The van der Waals surface area contributed by atoms with E-state index in [9.17, 15) is 8.78 Å². The molecule has 0 nitrogen and oxygen atoms in total. The zero-order chi connectivity index (χ0) is 8.72. The van der Waals surface area contributed by atoms with Gasteiger partial charge in [-0.3, -0.25) is 0 Å². The van der Waals surface area contributed by atoms with Crippen LogP contribution in [0.4, 0.5) is 8.78 Å². The number of rotatable bonds is 0. The first-order valence-electron chi connectivity index (χ1n) is 3.85. The van der Waals surface area contributed by atoms with Crippen molar-refractivity contribution in [1.82, 2.24) is 0 Å². The summed E-state index contributed by atoms with van der Waals surface area (Å²) in [6.45, 7) is 0. The molecule has 0 saturated carbocycles. The molecule has 3 heteroatoms. The van der Waals surface area contributed by atoms with Gasteiger partial charge in [-0.25, -0.2) is 8.78 Å². The summed E-state index contributed by atoms with van der Waals surface area (Å²) in [5, 5.41) is 0. The third-order valence-electron chi connectivity index (χ3n) is 2.23. The molecule has 1 aliphatic carbocycles. The minimum absolute atomic E-state index is 0.237. The average Bonchev–Trinajstić information content (AvgIpc) is 2.48. The van der Waals surface area contributed by atoms with Gasteiger partial charge in [0.25, 0.3) is 0 Å². The second-order valence-electron chi connectivity index (χ2n) is 2.98. The van der Waals surface area contributed by atoms with E-state index in [0.29, 0.717) is 12.0 Å². The lowest BCUT2D eigenvalue weighted by Gasteiger charge is -2.03. The monoisotopic (exact) mass is 232 g/mol. The fourth-order valence-electron chi connectivity index (χ4n) is 1.63. The van der Waals surface area contributed by atoms with Crippen LogP contribution in [0, 0.1) is 11.6 Å². The highest BCUT2D eigenvalue weighted by molar-refractivity contribution is 9.10. The Bertz CT molecular complexity index is 334. The number of aryl methyl sites for hydroxylation is 1. The molecule has 12 heavy (non-hydrogen) atoms. The molecule has 1 aromatic carbocycles. The van der Waals surface area contributed by atoms with Gasteiger partial charge in [0, 0.05) is 0 Å². The van der Waals surface area contributed by atoms with Crippen LogP contribution >= 0.6 is 15.9 Å². The van der Waals surface area contributed by atoms with Crippen molar-refractivity contribution in [2.24, 2.45) is 0 Å². The zero-order valence-corrected chi connectivity index (χ0v) is 7.92. The van der Waals surface area contributed by atoms with Crippen LogP contribution in [0.1, 0.15) is 17.5 Å². The summed E-state index contributed by atoms with van der Waals surface area (Å²) in [5.41, 5.74) is 1.51. The molecule has 0 aliphatic heterocycles. The first kappa shape index (κ1) is 8.17. The van der Waals surface area contributed by atoms with Gasteiger partial charge in [0.05, 0.1) is 4.47 Å². The molecule has 0 unspecified atom stereocenters. The second kappa shape index (κ2) is 2.80. The van der Waals surface area contributed by atoms with E-state index in [0.717, 1.165) is 18.4 Å². The highest BCUT2D eigenvalue weighted by Crippen LogP contribution is 2.30. The maximum Gasteiger partial charge on any atom is 0.173 e. The Hall–Kier alpha value is -0.440. The molecule has 0 radical (unpaired) electrons. The summed E-state index contributed by atoms with van der Waals surface area (Å²) in [6, 6.07) is 1.68. The van der Waals surface area contributed by atoms with Gasteiger partial charge in [-0.05, 0) is 52.4 Å². The third-order valence-corrected chi connectivity index (χ3v) is 2.81. The summed E-state index contributed by atoms with van der Waals surface area (Å²) in [6.07, 6.45) is 2.47. The van der Waals surface area contributed by atoms with E-state index >= 15 is 0 Å².